The van der Waals surface area contributed by atoms with Crippen molar-refractivity contribution in [2.45, 2.75) is 46.0 Å². The molecule has 2 amide bonds. The van der Waals surface area contributed by atoms with Crippen molar-refractivity contribution in [1.82, 2.24) is 10.3 Å². The highest BCUT2D eigenvalue weighted by Crippen LogP contribution is 2.29. The van der Waals surface area contributed by atoms with Crippen molar-refractivity contribution >= 4 is 28.4 Å². The van der Waals surface area contributed by atoms with E-state index in [9.17, 15) is 9.59 Å². The average Bonchev–Trinajstić information content (AvgIpc) is 2.76. The lowest BCUT2D eigenvalue weighted by atomic mass is 9.89. The Bertz CT molecular complexity index is 1120. The van der Waals surface area contributed by atoms with Crippen molar-refractivity contribution in [3.05, 3.63) is 70.4 Å². The van der Waals surface area contributed by atoms with E-state index in [0.717, 1.165) is 71.1 Å². The van der Waals surface area contributed by atoms with E-state index < -0.39 is 0 Å². The number of pyridine rings is 1. The molecule has 5 heteroatoms. The minimum atomic E-state index is -0.229. The fourth-order valence-corrected chi connectivity index (χ4v) is 4.19. The molecule has 30 heavy (non-hydrogen) atoms. The first-order valence-corrected chi connectivity index (χ1v) is 10.6. The van der Waals surface area contributed by atoms with E-state index >= 15 is 0 Å². The van der Waals surface area contributed by atoms with Gasteiger partial charge in [0.1, 0.15) is 0 Å². The number of hydrogen-bond donors (Lipinski definition) is 2. The minimum absolute atomic E-state index is 0.0682. The third-order valence-electron chi connectivity index (χ3n) is 5.73. The number of nitrogens with zero attached hydrogens (tertiary/aromatic N) is 1. The van der Waals surface area contributed by atoms with Gasteiger partial charge in [-0.1, -0.05) is 36.8 Å². The van der Waals surface area contributed by atoms with Crippen LogP contribution in [0.25, 0.3) is 10.9 Å². The molecule has 0 fully saturated rings. The van der Waals surface area contributed by atoms with Crippen LogP contribution in [0.4, 0.5) is 5.69 Å². The van der Waals surface area contributed by atoms with Crippen LogP contribution >= 0.6 is 0 Å². The Labute approximate surface area is 176 Å². The molecule has 2 N–H and O–H groups in total. The Morgan fingerprint density at radius 1 is 1.07 bits per heavy atom. The number of rotatable bonds is 5. The maximum absolute atomic E-state index is 13.2. The van der Waals surface area contributed by atoms with Gasteiger partial charge in [-0.3, -0.25) is 14.6 Å². The summed E-state index contributed by atoms with van der Waals surface area (Å²) in [6.45, 7) is 3.99. The smallest absolute Gasteiger partial charge is 0.252 e. The Hall–Kier alpha value is -3.21. The molecule has 5 nitrogen and oxygen atoms in total. The largest absolute Gasteiger partial charge is 0.343 e. The van der Waals surface area contributed by atoms with Gasteiger partial charge in [0.15, 0.2) is 0 Å². The molecule has 0 bridgehead atoms. The van der Waals surface area contributed by atoms with Crippen LogP contribution in [0.1, 0.15) is 52.5 Å². The monoisotopic (exact) mass is 401 g/mol. The van der Waals surface area contributed by atoms with Gasteiger partial charge in [-0.05, 0) is 68.4 Å². The average molecular weight is 402 g/mol. The highest BCUT2D eigenvalue weighted by atomic mass is 16.2. The first-order valence-electron chi connectivity index (χ1n) is 10.6. The Kier molecular flexibility index (Phi) is 5.79. The molecule has 1 heterocycles. The lowest BCUT2D eigenvalue weighted by Crippen LogP contribution is -2.34. The van der Waals surface area contributed by atoms with Gasteiger partial charge >= 0.3 is 0 Å². The van der Waals surface area contributed by atoms with Gasteiger partial charge in [0.05, 0.1) is 17.6 Å². The summed E-state index contributed by atoms with van der Waals surface area (Å²) < 4.78 is 0. The summed E-state index contributed by atoms with van der Waals surface area (Å²) in [5, 5.41) is 6.62. The van der Waals surface area contributed by atoms with Crippen LogP contribution in [0.15, 0.2) is 42.5 Å². The molecule has 0 unspecified atom stereocenters. The van der Waals surface area contributed by atoms with Crippen molar-refractivity contribution in [3.8, 4) is 0 Å². The first kappa shape index (κ1) is 20.1. The number of hydrogen-bond acceptors (Lipinski definition) is 3. The quantitative estimate of drug-likeness (QED) is 0.668. The van der Waals surface area contributed by atoms with Crippen molar-refractivity contribution in [3.63, 3.8) is 0 Å². The van der Waals surface area contributed by atoms with E-state index in [1.54, 1.807) is 0 Å². The maximum atomic E-state index is 13.2. The lowest BCUT2D eigenvalue weighted by Gasteiger charge is -2.20. The highest BCUT2D eigenvalue weighted by Gasteiger charge is 2.23. The Morgan fingerprint density at radius 2 is 1.87 bits per heavy atom. The first-order chi connectivity index (χ1) is 14.6. The van der Waals surface area contributed by atoms with Crippen molar-refractivity contribution in [2.75, 3.05) is 11.9 Å². The van der Waals surface area contributed by atoms with E-state index in [1.165, 1.54) is 0 Å². The third kappa shape index (κ3) is 4.06. The molecule has 4 rings (SSSR count). The minimum Gasteiger partial charge on any atom is -0.343 e. The molecule has 1 aromatic heterocycles. The van der Waals surface area contributed by atoms with Crippen LogP contribution in [0.2, 0.25) is 0 Å². The number of carbonyl (C=O) groups is 2. The van der Waals surface area contributed by atoms with Gasteiger partial charge in [0, 0.05) is 16.8 Å². The molecule has 0 saturated carbocycles. The van der Waals surface area contributed by atoms with E-state index in [1.807, 2.05) is 56.3 Å². The molecule has 154 valence electrons. The predicted molar refractivity (Wildman–Crippen MR) is 120 cm³/mol. The number of benzene rings is 2. The number of amides is 2. The van der Waals surface area contributed by atoms with Gasteiger partial charge in [0.2, 0.25) is 5.91 Å². The summed E-state index contributed by atoms with van der Waals surface area (Å²) in [6.07, 6.45) is 4.73. The molecule has 0 atom stereocenters. The Morgan fingerprint density at radius 3 is 2.70 bits per heavy atom. The molecule has 0 spiro atoms. The third-order valence-corrected chi connectivity index (χ3v) is 5.73. The molecular formula is C25H27N3O2. The van der Waals surface area contributed by atoms with Crippen LogP contribution in [0, 0.1) is 6.92 Å². The van der Waals surface area contributed by atoms with Crippen LogP contribution in [0.5, 0.6) is 0 Å². The van der Waals surface area contributed by atoms with Crippen molar-refractivity contribution in [2.24, 2.45) is 0 Å². The summed E-state index contributed by atoms with van der Waals surface area (Å²) in [4.78, 5) is 30.5. The van der Waals surface area contributed by atoms with E-state index in [4.69, 9.17) is 4.98 Å². The zero-order valence-corrected chi connectivity index (χ0v) is 17.5. The van der Waals surface area contributed by atoms with Crippen molar-refractivity contribution < 1.29 is 9.59 Å². The number of anilines is 1. The van der Waals surface area contributed by atoms with Crippen LogP contribution in [-0.4, -0.2) is 23.3 Å². The lowest BCUT2D eigenvalue weighted by molar-refractivity contribution is -0.115. The zero-order chi connectivity index (χ0) is 21.1. The topological polar surface area (TPSA) is 71.1 Å². The SMILES string of the molecule is CCc1ccccc1NC(=O)CNC(=O)c1c2c(nc3ccc(C)cc13)CCCC2. The molecule has 1 aliphatic rings. The van der Waals surface area contributed by atoms with Gasteiger partial charge in [-0.2, -0.15) is 0 Å². The summed E-state index contributed by atoms with van der Waals surface area (Å²) >= 11 is 0. The van der Waals surface area contributed by atoms with Crippen LogP contribution in [0.3, 0.4) is 0 Å². The normalized spacial score (nSPS) is 13.0. The van der Waals surface area contributed by atoms with Gasteiger partial charge < -0.3 is 10.6 Å². The molecule has 3 aromatic rings. The molecule has 0 radical (unpaired) electrons. The maximum Gasteiger partial charge on any atom is 0.252 e. The van der Waals surface area contributed by atoms with E-state index in [0.29, 0.717) is 5.56 Å². The fourth-order valence-electron chi connectivity index (χ4n) is 4.19. The second-order valence-electron chi connectivity index (χ2n) is 7.88. The Balaban J connectivity index is 1.57. The van der Waals surface area contributed by atoms with Crippen LogP contribution < -0.4 is 10.6 Å². The summed E-state index contributed by atoms with van der Waals surface area (Å²) in [5.41, 5.74) is 6.53. The summed E-state index contributed by atoms with van der Waals surface area (Å²) in [6, 6.07) is 13.7. The fraction of sp³-hybridized carbons (Fsp3) is 0.320. The predicted octanol–water partition coefficient (Wildman–Crippen LogP) is 4.35. The van der Waals surface area contributed by atoms with E-state index in [-0.39, 0.29) is 18.4 Å². The summed E-state index contributed by atoms with van der Waals surface area (Å²) in [5.74, 6) is -0.433. The van der Waals surface area contributed by atoms with Gasteiger partial charge in [-0.15, -0.1) is 0 Å². The highest BCUT2D eigenvalue weighted by molar-refractivity contribution is 6.09. The standard InChI is InChI=1S/C25H27N3O2/c1-3-17-8-4-6-10-20(17)28-23(29)15-26-25(30)24-18-9-5-7-11-21(18)27-22-13-12-16(2)14-19(22)24/h4,6,8,10,12-14H,3,5,7,9,11,15H2,1-2H3,(H,26,30)(H,28,29). The second kappa shape index (κ2) is 8.66. The molecule has 0 saturated heterocycles. The number of carbonyl (C=O) groups excluding carboxylic acids is 2. The van der Waals surface area contributed by atoms with E-state index in [2.05, 4.69) is 10.6 Å². The molecule has 2 aromatic carbocycles. The van der Waals surface area contributed by atoms with Crippen molar-refractivity contribution in [1.29, 1.82) is 0 Å². The number of nitrogens with one attached hydrogen (secondary N) is 2. The summed E-state index contributed by atoms with van der Waals surface area (Å²) in [7, 11) is 0. The molecule has 1 aliphatic carbocycles. The molecular weight excluding hydrogens is 374 g/mol. The zero-order valence-electron chi connectivity index (χ0n) is 17.5. The number of fused-ring (bicyclic) bond motifs is 2. The number of para-hydroxylation sites is 1. The number of aryl methyl sites for hydroxylation is 3. The van der Waals surface area contributed by atoms with Gasteiger partial charge in [-0.25, -0.2) is 0 Å². The number of aromatic nitrogens is 1. The second-order valence-corrected chi connectivity index (χ2v) is 7.88. The van der Waals surface area contributed by atoms with Gasteiger partial charge in [0.25, 0.3) is 5.91 Å². The molecule has 0 aliphatic heterocycles. The van der Waals surface area contributed by atoms with Crippen LogP contribution in [-0.2, 0) is 24.1 Å².